The summed E-state index contributed by atoms with van der Waals surface area (Å²) in [5.74, 6) is -9.77. The molecule has 0 radical (unpaired) electrons. The van der Waals surface area contributed by atoms with E-state index < -0.39 is 100 Å². The van der Waals surface area contributed by atoms with E-state index >= 15 is 8.78 Å². The van der Waals surface area contributed by atoms with Gasteiger partial charge in [-0.3, -0.25) is 14.4 Å². The van der Waals surface area contributed by atoms with Gasteiger partial charge in [-0.25, -0.2) is 13.2 Å². The molecule has 15 heteroatoms. The summed E-state index contributed by atoms with van der Waals surface area (Å²) >= 11 is 0. The number of ketones is 1. The zero-order chi connectivity index (χ0) is 38.7. The van der Waals surface area contributed by atoms with Crippen molar-refractivity contribution in [3.8, 4) is 11.1 Å². The first-order valence-electron chi connectivity index (χ1n) is 16.0. The van der Waals surface area contributed by atoms with Gasteiger partial charge in [0.15, 0.2) is 5.78 Å². The highest BCUT2D eigenvalue weighted by Crippen LogP contribution is 2.44. The molecule has 3 aromatic rings. The molecule has 2 atom stereocenters. The summed E-state index contributed by atoms with van der Waals surface area (Å²) in [6, 6.07) is 0.808. The SMILES string of the molecule is Cc1cc(F)cc(C)c1-c1cc(C(F)(F)F)c(F)c([C@H](CC(=O)O)CC(=O)C(CC(C)C)n2cc(CCCN(C)C)c(C(F)(F)F)cc2=O)c1F. The Bertz CT molecular complexity index is 1810. The summed E-state index contributed by atoms with van der Waals surface area (Å²) in [5.41, 5.74) is -7.11. The predicted molar refractivity (Wildman–Crippen MR) is 172 cm³/mol. The van der Waals surface area contributed by atoms with Crippen LogP contribution in [0, 0.1) is 37.2 Å². The van der Waals surface area contributed by atoms with E-state index in [1.807, 2.05) is 0 Å². The number of aryl methyl sites for hydroxylation is 3. The van der Waals surface area contributed by atoms with E-state index in [-0.39, 0.29) is 47.6 Å². The summed E-state index contributed by atoms with van der Waals surface area (Å²) in [4.78, 5) is 40.9. The number of carboxylic acid groups (broad SMARTS) is 1. The van der Waals surface area contributed by atoms with Crippen molar-refractivity contribution in [2.24, 2.45) is 5.92 Å². The van der Waals surface area contributed by atoms with E-state index in [1.165, 1.54) is 13.8 Å². The number of rotatable bonds is 14. The number of hydrogen-bond acceptors (Lipinski definition) is 4. The van der Waals surface area contributed by atoms with Crippen LogP contribution in [0.3, 0.4) is 0 Å². The second kappa shape index (κ2) is 16.0. The molecule has 0 bridgehead atoms. The molecule has 0 fully saturated rings. The van der Waals surface area contributed by atoms with Crippen molar-refractivity contribution >= 4 is 11.8 Å². The van der Waals surface area contributed by atoms with Crippen molar-refractivity contribution in [2.75, 3.05) is 20.6 Å². The molecule has 0 aliphatic rings. The number of hydrogen-bond donors (Lipinski definition) is 1. The Morgan fingerprint density at radius 1 is 0.863 bits per heavy atom. The number of halogens is 9. The van der Waals surface area contributed by atoms with Crippen molar-refractivity contribution in [1.29, 1.82) is 0 Å². The first-order valence-corrected chi connectivity index (χ1v) is 16.0. The van der Waals surface area contributed by atoms with Crippen LogP contribution in [-0.2, 0) is 28.4 Å². The molecule has 0 saturated carbocycles. The van der Waals surface area contributed by atoms with E-state index in [2.05, 4.69) is 0 Å². The van der Waals surface area contributed by atoms with Crippen molar-refractivity contribution in [3.63, 3.8) is 0 Å². The Balaban J connectivity index is 2.27. The molecule has 2 aromatic carbocycles. The van der Waals surface area contributed by atoms with Crippen LogP contribution < -0.4 is 5.56 Å². The number of pyridine rings is 1. The summed E-state index contributed by atoms with van der Waals surface area (Å²) < 4.78 is 132. The molecule has 0 saturated heterocycles. The predicted octanol–water partition coefficient (Wildman–Crippen LogP) is 8.89. The third-order valence-electron chi connectivity index (χ3n) is 8.51. The molecule has 1 aromatic heterocycles. The molecule has 1 unspecified atom stereocenters. The lowest BCUT2D eigenvalue weighted by Crippen LogP contribution is -2.33. The smallest absolute Gasteiger partial charge is 0.419 e. The van der Waals surface area contributed by atoms with Gasteiger partial charge in [0.1, 0.15) is 17.5 Å². The Morgan fingerprint density at radius 3 is 1.92 bits per heavy atom. The Hall–Kier alpha value is -4.14. The fraction of sp³-hybridized carbons (Fsp3) is 0.472. The Kier molecular flexibility index (Phi) is 13.0. The molecule has 0 aliphatic carbocycles. The van der Waals surface area contributed by atoms with Gasteiger partial charge in [-0.1, -0.05) is 13.8 Å². The Labute approximate surface area is 288 Å². The topological polar surface area (TPSA) is 79.6 Å². The van der Waals surface area contributed by atoms with E-state index in [1.54, 1.807) is 32.8 Å². The van der Waals surface area contributed by atoms with Crippen molar-refractivity contribution in [2.45, 2.75) is 84.1 Å². The first kappa shape index (κ1) is 41.3. The molecule has 0 spiro atoms. The molecule has 6 nitrogen and oxygen atoms in total. The number of carboxylic acids is 1. The van der Waals surface area contributed by atoms with Gasteiger partial charge in [0.25, 0.3) is 5.56 Å². The number of aromatic nitrogens is 1. The lowest BCUT2D eigenvalue weighted by Gasteiger charge is -2.26. The summed E-state index contributed by atoms with van der Waals surface area (Å²) in [6.45, 7) is 6.19. The van der Waals surface area contributed by atoms with Crippen LogP contribution in [-0.4, -0.2) is 47.0 Å². The van der Waals surface area contributed by atoms with E-state index in [4.69, 9.17) is 0 Å². The molecule has 280 valence electrons. The van der Waals surface area contributed by atoms with Gasteiger partial charge in [0, 0.05) is 35.7 Å². The van der Waals surface area contributed by atoms with Crippen molar-refractivity contribution in [3.05, 3.63) is 91.6 Å². The monoisotopic (exact) mass is 734 g/mol. The molecule has 1 N–H and O–H groups in total. The van der Waals surface area contributed by atoms with Crippen LogP contribution in [0.5, 0.6) is 0 Å². The molecule has 1 heterocycles. The maximum absolute atomic E-state index is 16.4. The van der Waals surface area contributed by atoms with E-state index in [9.17, 15) is 50.2 Å². The highest BCUT2D eigenvalue weighted by molar-refractivity contribution is 5.84. The third kappa shape index (κ3) is 10.0. The number of benzene rings is 2. The van der Waals surface area contributed by atoms with Crippen LogP contribution in [0.15, 0.2) is 35.3 Å². The molecular weight excluding hydrogens is 695 g/mol. The van der Waals surface area contributed by atoms with E-state index in [0.29, 0.717) is 12.6 Å². The van der Waals surface area contributed by atoms with E-state index in [0.717, 1.165) is 22.9 Å². The van der Waals surface area contributed by atoms with Crippen LogP contribution >= 0.6 is 0 Å². The molecular formula is C36H39F9N2O4. The minimum atomic E-state index is -5.42. The first-order chi connectivity index (χ1) is 23.4. The lowest BCUT2D eigenvalue weighted by molar-refractivity contribution is -0.140. The minimum absolute atomic E-state index is 0.0111. The van der Waals surface area contributed by atoms with Crippen molar-refractivity contribution in [1.82, 2.24) is 9.47 Å². The number of Topliss-reactive ketones (excluding diaryl/α,β-unsaturated/α-hetero) is 1. The fourth-order valence-electron chi connectivity index (χ4n) is 6.34. The second-order valence-corrected chi connectivity index (χ2v) is 13.4. The maximum Gasteiger partial charge on any atom is 0.419 e. The minimum Gasteiger partial charge on any atom is -0.481 e. The van der Waals surface area contributed by atoms with Gasteiger partial charge in [-0.2, -0.15) is 26.3 Å². The summed E-state index contributed by atoms with van der Waals surface area (Å²) in [6.07, 6.45) is -11.9. The number of carbonyl (C=O) groups excluding carboxylic acids is 1. The van der Waals surface area contributed by atoms with Gasteiger partial charge in [-0.05, 0) is 100 Å². The fourth-order valence-corrected chi connectivity index (χ4v) is 6.34. The maximum atomic E-state index is 16.4. The standard InChI is InChI=1S/C36H39F9N2O4/c1-18(2)10-27(47-17-21(8-7-9-46(5)6)25(16-29(47)49)35(40,41)42)28(48)13-22(14-30(50)51)32-33(38)24(15-26(34(32)39)36(43,44)45)31-19(3)11-23(37)12-20(31)4/h11-12,15-18,22,27H,7-10,13-14H2,1-6H3,(H,50,51)/t22-,27?/m0/s1. The summed E-state index contributed by atoms with van der Waals surface area (Å²) in [7, 11) is 3.41. The number of aliphatic carboxylic acids is 1. The molecule has 51 heavy (non-hydrogen) atoms. The lowest BCUT2D eigenvalue weighted by atomic mass is 9.83. The normalized spacial score (nSPS) is 13.6. The van der Waals surface area contributed by atoms with Crippen LogP contribution in [0.25, 0.3) is 11.1 Å². The van der Waals surface area contributed by atoms with Gasteiger partial charge in [0.2, 0.25) is 0 Å². The number of alkyl halides is 6. The third-order valence-corrected chi connectivity index (χ3v) is 8.51. The highest BCUT2D eigenvalue weighted by atomic mass is 19.4. The quantitative estimate of drug-likeness (QED) is 0.168. The van der Waals surface area contributed by atoms with Gasteiger partial charge in [0.05, 0.1) is 23.6 Å². The second-order valence-electron chi connectivity index (χ2n) is 13.4. The summed E-state index contributed by atoms with van der Waals surface area (Å²) in [5, 5.41) is 9.70. The van der Waals surface area contributed by atoms with Gasteiger partial charge < -0.3 is 14.6 Å². The molecule has 3 rings (SSSR count). The Morgan fingerprint density at radius 2 is 1.43 bits per heavy atom. The van der Waals surface area contributed by atoms with Gasteiger partial charge >= 0.3 is 18.3 Å². The van der Waals surface area contributed by atoms with Crippen LogP contribution in [0.1, 0.15) is 84.9 Å². The van der Waals surface area contributed by atoms with Crippen molar-refractivity contribution < 1.29 is 54.2 Å². The zero-order valence-electron chi connectivity index (χ0n) is 28.8. The number of carbonyl (C=O) groups is 2. The highest BCUT2D eigenvalue weighted by Gasteiger charge is 2.41. The van der Waals surface area contributed by atoms with Crippen LogP contribution in [0.4, 0.5) is 39.5 Å². The average Bonchev–Trinajstić information content (AvgIpc) is 2.95. The number of nitrogens with zero attached hydrogens (tertiary/aromatic N) is 2. The zero-order valence-corrected chi connectivity index (χ0v) is 28.8. The largest absolute Gasteiger partial charge is 0.481 e. The van der Waals surface area contributed by atoms with Crippen LogP contribution in [0.2, 0.25) is 0 Å². The molecule has 0 amide bonds. The molecule has 0 aliphatic heterocycles. The van der Waals surface area contributed by atoms with Gasteiger partial charge in [-0.15, -0.1) is 0 Å². The average molecular weight is 735 g/mol.